The number of aliphatic hydroxyl groups is 1. The third-order valence-corrected chi connectivity index (χ3v) is 3.65. The zero-order chi connectivity index (χ0) is 15.2. The number of thiazole rings is 1. The summed E-state index contributed by atoms with van der Waals surface area (Å²) in [5.74, 6) is 0.339. The van der Waals surface area contributed by atoms with E-state index in [9.17, 15) is 4.79 Å². The van der Waals surface area contributed by atoms with Gasteiger partial charge in [-0.2, -0.15) is 0 Å². The van der Waals surface area contributed by atoms with Crippen LogP contribution in [0.5, 0.6) is 5.75 Å². The summed E-state index contributed by atoms with van der Waals surface area (Å²) >= 11 is 7.10. The number of hydrogen-bond acceptors (Lipinski definition) is 5. The Bertz CT molecular complexity index is 616. The molecule has 0 aliphatic carbocycles. The number of ether oxygens (including phenoxy) is 1. The molecule has 1 atom stereocenters. The Balaban J connectivity index is 1.95. The van der Waals surface area contributed by atoms with Crippen LogP contribution >= 0.6 is 22.9 Å². The second-order valence-corrected chi connectivity index (χ2v) is 6.15. The SMILES string of the molecule is CC(O)CNC(=O)c1cccc(OCc2cnc(Cl)s2)c1. The predicted octanol–water partition coefficient (Wildman–Crippen LogP) is 2.49. The summed E-state index contributed by atoms with van der Waals surface area (Å²) in [5.41, 5.74) is 0.482. The number of aromatic nitrogens is 1. The van der Waals surface area contributed by atoms with Crippen molar-refractivity contribution in [2.24, 2.45) is 0 Å². The second-order valence-electron chi connectivity index (χ2n) is 4.46. The predicted molar refractivity (Wildman–Crippen MR) is 81.9 cm³/mol. The minimum Gasteiger partial charge on any atom is -0.488 e. The summed E-state index contributed by atoms with van der Waals surface area (Å²) in [6, 6.07) is 6.86. The largest absolute Gasteiger partial charge is 0.488 e. The van der Waals surface area contributed by atoms with Crippen LogP contribution < -0.4 is 10.1 Å². The highest BCUT2D eigenvalue weighted by Crippen LogP contribution is 2.20. The van der Waals surface area contributed by atoms with Gasteiger partial charge in [-0.3, -0.25) is 4.79 Å². The summed E-state index contributed by atoms with van der Waals surface area (Å²) in [7, 11) is 0. The molecule has 1 aromatic heterocycles. The molecule has 1 unspecified atom stereocenters. The molecule has 0 aliphatic rings. The molecule has 2 N–H and O–H groups in total. The van der Waals surface area contributed by atoms with Gasteiger partial charge in [0.2, 0.25) is 0 Å². The molecule has 112 valence electrons. The molecule has 0 saturated carbocycles. The van der Waals surface area contributed by atoms with Crippen LogP contribution in [0.1, 0.15) is 22.2 Å². The van der Waals surface area contributed by atoms with Crippen molar-refractivity contribution in [1.29, 1.82) is 0 Å². The van der Waals surface area contributed by atoms with E-state index in [-0.39, 0.29) is 12.5 Å². The van der Waals surface area contributed by atoms with E-state index in [4.69, 9.17) is 21.4 Å². The van der Waals surface area contributed by atoms with E-state index in [2.05, 4.69) is 10.3 Å². The van der Waals surface area contributed by atoms with Crippen molar-refractivity contribution < 1.29 is 14.6 Å². The van der Waals surface area contributed by atoms with Crippen LogP contribution in [0.25, 0.3) is 0 Å². The average Bonchev–Trinajstić information content (AvgIpc) is 2.88. The van der Waals surface area contributed by atoms with E-state index >= 15 is 0 Å². The van der Waals surface area contributed by atoms with Gasteiger partial charge < -0.3 is 15.2 Å². The van der Waals surface area contributed by atoms with Crippen LogP contribution in [0.2, 0.25) is 4.47 Å². The third-order valence-electron chi connectivity index (χ3n) is 2.56. The quantitative estimate of drug-likeness (QED) is 0.855. The lowest BCUT2D eigenvalue weighted by molar-refractivity contribution is 0.0923. The Labute approximate surface area is 131 Å². The number of nitrogens with one attached hydrogen (secondary N) is 1. The number of hydrogen-bond donors (Lipinski definition) is 2. The molecule has 5 nitrogen and oxygen atoms in total. The summed E-state index contributed by atoms with van der Waals surface area (Å²) in [4.78, 5) is 16.7. The summed E-state index contributed by atoms with van der Waals surface area (Å²) in [6.07, 6.45) is 1.08. The van der Waals surface area contributed by atoms with Crippen molar-refractivity contribution in [2.45, 2.75) is 19.6 Å². The molecule has 0 fully saturated rings. The van der Waals surface area contributed by atoms with Crippen LogP contribution in [0.3, 0.4) is 0 Å². The topological polar surface area (TPSA) is 71.5 Å². The highest BCUT2D eigenvalue weighted by atomic mass is 35.5. The Morgan fingerprint density at radius 3 is 3.05 bits per heavy atom. The van der Waals surface area contributed by atoms with Crippen LogP contribution in [0.15, 0.2) is 30.5 Å². The van der Waals surface area contributed by atoms with Crippen molar-refractivity contribution in [3.05, 3.63) is 45.4 Å². The first kappa shape index (κ1) is 15.8. The molecule has 0 aliphatic heterocycles. The molecule has 1 heterocycles. The summed E-state index contributed by atoms with van der Waals surface area (Å²) < 4.78 is 6.08. The molecule has 0 spiro atoms. The van der Waals surface area contributed by atoms with Crippen LogP contribution in [0, 0.1) is 0 Å². The summed E-state index contributed by atoms with van der Waals surface area (Å²) in [6.45, 7) is 2.17. The van der Waals surface area contributed by atoms with Crippen LogP contribution in [-0.2, 0) is 6.61 Å². The molecule has 0 bridgehead atoms. The van der Waals surface area contributed by atoms with Crippen molar-refractivity contribution in [3.63, 3.8) is 0 Å². The third kappa shape index (κ3) is 5.00. The summed E-state index contributed by atoms with van der Waals surface area (Å²) in [5, 5.41) is 11.8. The Morgan fingerprint density at radius 1 is 1.57 bits per heavy atom. The Hall–Kier alpha value is -1.63. The van der Waals surface area contributed by atoms with E-state index in [1.807, 2.05) is 0 Å². The minimum absolute atomic E-state index is 0.212. The lowest BCUT2D eigenvalue weighted by Crippen LogP contribution is -2.30. The maximum Gasteiger partial charge on any atom is 0.251 e. The monoisotopic (exact) mass is 326 g/mol. The molecule has 0 saturated heterocycles. The van der Waals surface area contributed by atoms with E-state index in [0.29, 0.717) is 22.4 Å². The molecule has 2 rings (SSSR count). The number of aliphatic hydroxyl groups excluding tert-OH is 1. The van der Waals surface area contributed by atoms with Gasteiger partial charge in [0.05, 0.1) is 11.0 Å². The van der Waals surface area contributed by atoms with Gasteiger partial charge in [0.1, 0.15) is 12.4 Å². The number of rotatable bonds is 6. The lowest BCUT2D eigenvalue weighted by atomic mass is 10.2. The van der Waals surface area contributed by atoms with Gasteiger partial charge in [0, 0.05) is 18.3 Å². The normalized spacial score (nSPS) is 12.0. The van der Waals surface area contributed by atoms with Crippen LogP contribution in [0.4, 0.5) is 0 Å². The Kier molecular flexibility index (Phi) is 5.55. The van der Waals surface area contributed by atoms with Gasteiger partial charge in [0.25, 0.3) is 5.91 Å². The highest BCUT2D eigenvalue weighted by Gasteiger charge is 2.08. The first-order valence-corrected chi connectivity index (χ1v) is 7.53. The van der Waals surface area contributed by atoms with Crippen molar-refractivity contribution >= 4 is 28.8 Å². The maximum absolute atomic E-state index is 11.9. The fourth-order valence-electron chi connectivity index (χ4n) is 1.57. The fourth-order valence-corrected chi connectivity index (χ4v) is 2.47. The van der Waals surface area contributed by atoms with Gasteiger partial charge in [-0.25, -0.2) is 4.98 Å². The van der Waals surface area contributed by atoms with Gasteiger partial charge in [-0.1, -0.05) is 17.7 Å². The van der Waals surface area contributed by atoms with Crippen molar-refractivity contribution in [1.82, 2.24) is 10.3 Å². The van der Waals surface area contributed by atoms with Gasteiger partial charge >= 0.3 is 0 Å². The van der Waals surface area contributed by atoms with Crippen LogP contribution in [-0.4, -0.2) is 28.6 Å². The number of halogens is 1. The first-order chi connectivity index (χ1) is 10.0. The molecule has 1 aromatic carbocycles. The van der Waals surface area contributed by atoms with E-state index < -0.39 is 6.10 Å². The molecule has 7 heteroatoms. The number of benzene rings is 1. The second kappa shape index (κ2) is 7.40. The molecule has 1 amide bonds. The number of carbonyl (C=O) groups is 1. The number of nitrogens with zero attached hydrogens (tertiary/aromatic N) is 1. The molecule has 0 radical (unpaired) electrons. The zero-order valence-electron chi connectivity index (χ0n) is 11.4. The number of amides is 1. The molecule has 2 aromatic rings. The lowest BCUT2D eigenvalue weighted by Gasteiger charge is -2.09. The van der Waals surface area contributed by atoms with Gasteiger partial charge in [-0.05, 0) is 25.1 Å². The number of carbonyl (C=O) groups excluding carboxylic acids is 1. The molecular weight excluding hydrogens is 312 g/mol. The van der Waals surface area contributed by atoms with Gasteiger partial charge in [0.15, 0.2) is 4.47 Å². The molecular formula is C14H15ClN2O3S. The highest BCUT2D eigenvalue weighted by molar-refractivity contribution is 7.15. The van der Waals surface area contributed by atoms with E-state index in [0.717, 1.165) is 4.88 Å². The standard InChI is InChI=1S/C14H15ClN2O3S/c1-9(18)6-16-13(19)10-3-2-4-11(5-10)20-8-12-7-17-14(15)21-12/h2-5,7,9,18H,6,8H2,1H3,(H,16,19). The smallest absolute Gasteiger partial charge is 0.251 e. The van der Waals surface area contributed by atoms with Crippen molar-refractivity contribution in [3.8, 4) is 5.75 Å². The molecule has 21 heavy (non-hydrogen) atoms. The fraction of sp³-hybridized carbons (Fsp3) is 0.286. The Morgan fingerprint density at radius 2 is 2.38 bits per heavy atom. The zero-order valence-corrected chi connectivity index (χ0v) is 12.9. The minimum atomic E-state index is -0.579. The van der Waals surface area contributed by atoms with E-state index in [1.54, 1.807) is 37.4 Å². The average molecular weight is 327 g/mol. The first-order valence-electron chi connectivity index (χ1n) is 6.34. The maximum atomic E-state index is 11.9. The van der Waals surface area contributed by atoms with E-state index in [1.165, 1.54) is 11.3 Å². The van der Waals surface area contributed by atoms with Gasteiger partial charge in [-0.15, -0.1) is 11.3 Å². The van der Waals surface area contributed by atoms with Crippen molar-refractivity contribution in [2.75, 3.05) is 6.54 Å².